The number of nitrogens with zero attached hydrogens (tertiary/aromatic N) is 4. The van der Waals surface area contributed by atoms with Gasteiger partial charge in [0.25, 0.3) is 0 Å². The highest BCUT2D eigenvalue weighted by Crippen LogP contribution is 2.31. The minimum Gasteiger partial charge on any atom is -0.497 e. The lowest BCUT2D eigenvalue weighted by molar-refractivity contribution is -0.119. The normalized spacial score (nSPS) is 16.6. The molecule has 1 amide bonds. The number of aryl methyl sites for hydroxylation is 2. The molecule has 0 spiro atoms. The molecule has 1 saturated heterocycles. The maximum Gasteiger partial charge on any atom is 0.243 e. The number of anilines is 1. The van der Waals surface area contributed by atoms with Crippen LogP contribution >= 0.6 is 11.3 Å². The van der Waals surface area contributed by atoms with Gasteiger partial charge in [0.2, 0.25) is 21.1 Å². The van der Waals surface area contributed by atoms with E-state index in [1.807, 2.05) is 32.0 Å². The van der Waals surface area contributed by atoms with Crippen molar-refractivity contribution in [3.05, 3.63) is 59.8 Å². The number of hydrogen-bond donors (Lipinski definition) is 1. The van der Waals surface area contributed by atoms with Crippen LogP contribution in [0.1, 0.15) is 24.1 Å². The smallest absolute Gasteiger partial charge is 0.243 e. The third-order valence-corrected chi connectivity index (χ3v) is 8.90. The summed E-state index contributed by atoms with van der Waals surface area (Å²) in [7, 11) is -2.18. The predicted molar refractivity (Wildman–Crippen MR) is 135 cm³/mol. The fraction of sp³-hybridized carbons (Fsp3) is 0.292. The van der Waals surface area contributed by atoms with Gasteiger partial charge >= 0.3 is 0 Å². The molecule has 2 aromatic heterocycles. The molecule has 1 N–H and O–H groups in total. The zero-order valence-corrected chi connectivity index (χ0v) is 21.2. The van der Waals surface area contributed by atoms with Crippen molar-refractivity contribution in [3.8, 4) is 10.9 Å². The minimum atomic E-state index is -3.80. The summed E-state index contributed by atoms with van der Waals surface area (Å²) in [6.45, 7) is 4.02. The molecule has 2 aromatic carbocycles. The Labute approximate surface area is 207 Å². The summed E-state index contributed by atoms with van der Waals surface area (Å²) in [6, 6.07) is 13.2. The topological polar surface area (TPSA) is 106 Å². The number of carbonyl (C=O) groups is 1. The number of nitrogens with one attached hydrogen (secondary N) is 1. The molecular formula is C24H25N5O4S2. The van der Waals surface area contributed by atoms with Crippen LogP contribution in [0.4, 0.5) is 5.82 Å². The Bertz CT molecular complexity index is 1510. The van der Waals surface area contributed by atoms with E-state index in [1.54, 1.807) is 42.1 Å². The Kier molecular flexibility index (Phi) is 6.07. The fourth-order valence-electron chi connectivity index (χ4n) is 4.19. The molecule has 0 radical (unpaired) electrons. The Morgan fingerprint density at radius 3 is 2.66 bits per heavy atom. The van der Waals surface area contributed by atoms with E-state index < -0.39 is 16.1 Å². The molecule has 3 heterocycles. The number of rotatable bonds is 6. The average molecular weight is 512 g/mol. The Morgan fingerprint density at radius 2 is 1.91 bits per heavy atom. The molecule has 11 heteroatoms. The summed E-state index contributed by atoms with van der Waals surface area (Å²) < 4.78 is 35.6. The van der Waals surface area contributed by atoms with Crippen molar-refractivity contribution in [2.24, 2.45) is 0 Å². The Morgan fingerprint density at radius 1 is 1.14 bits per heavy atom. The molecule has 4 aromatic rings. The largest absolute Gasteiger partial charge is 0.497 e. The van der Waals surface area contributed by atoms with Gasteiger partial charge < -0.3 is 10.1 Å². The standard InChI is InChI=1S/C24H25N5O4S2/c1-15-6-9-18(10-7-15)35(31,32)28-12-4-5-20(28)23(30)26-22-13-16(2)27-29(22)24-25-19-11-8-17(33-3)14-21(19)34-24/h6-11,13-14,20H,4-5,12H2,1-3H3,(H,26,30). The zero-order chi connectivity index (χ0) is 24.7. The van der Waals surface area contributed by atoms with Gasteiger partial charge in [0.1, 0.15) is 17.6 Å². The van der Waals surface area contributed by atoms with Crippen molar-refractivity contribution < 1.29 is 17.9 Å². The first-order chi connectivity index (χ1) is 16.8. The predicted octanol–water partition coefficient (Wildman–Crippen LogP) is 3.90. The van der Waals surface area contributed by atoms with Crippen LogP contribution in [0.15, 0.2) is 53.4 Å². The number of ether oxygens (including phenoxy) is 1. The number of fused-ring (bicyclic) bond motifs is 1. The van der Waals surface area contributed by atoms with E-state index in [4.69, 9.17) is 4.74 Å². The lowest BCUT2D eigenvalue weighted by atomic mass is 10.2. The summed E-state index contributed by atoms with van der Waals surface area (Å²) in [5.74, 6) is 0.786. The molecule has 1 atom stereocenters. The van der Waals surface area contributed by atoms with Gasteiger partial charge in [-0.2, -0.15) is 14.1 Å². The molecule has 1 aliphatic heterocycles. The summed E-state index contributed by atoms with van der Waals surface area (Å²) in [5.41, 5.74) is 2.46. The van der Waals surface area contributed by atoms with Gasteiger partial charge in [0.15, 0.2) is 0 Å². The first kappa shape index (κ1) is 23.5. The van der Waals surface area contributed by atoms with E-state index in [2.05, 4.69) is 15.4 Å². The van der Waals surface area contributed by atoms with E-state index in [0.29, 0.717) is 36.0 Å². The van der Waals surface area contributed by atoms with Gasteiger partial charge in [-0.15, -0.1) is 0 Å². The molecule has 1 fully saturated rings. The second-order valence-corrected chi connectivity index (χ2v) is 11.4. The number of hydrogen-bond acceptors (Lipinski definition) is 7. The summed E-state index contributed by atoms with van der Waals surface area (Å²) in [4.78, 5) is 18.1. The fourth-order valence-corrected chi connectivity index (χ4v) is 6.81. The van der Waals surface area contributed by atoms with Gasteiger partial charge in [-0.3, -0.25) is 4.79 Å². The highest BCUT2D eigenvalue weighted by atomic mass is 32.2. The number of thiazole rings is 1. The third kappa shape index (κ3) is 4.42. The molecule has 0 saturated carbocycles. The van der Waals surface area contributed by atoms with Crippen LogP contribution in [-0.4, -0.2) is 53.1 Å². The number of carbonyl (C=O) groups excluding carboxylic acids is 1. The summed E-state index contributed by atoms with van der Waals surface area (Å²) in [5, 5.41) is 8.00. The van der Waals surface area contributed by atoms with Crippen molar-refractivity contribution in [1.29, 1.82) is 0 Å². The molecule has 0 bridgehead atoms. The molecular weight excluding hydrogens is 486 g/mol. The molecule has 1 unspecified atom stereocenters. The van der Waals surface area contributed by atoms with Crippen molar-refractivity contribution >= 4 is 43.3 Å². The van der Waals surface area contributed by atoms with E-state index in [9.17, 15) is 13.2 Å². The van der Waals surface area contributed by atoms with Crippen LogP contribution in [0.25, 0.3) is 15.3 Å². The molecule has 5 rings (SSSR count). The van der Waals surface area contributed by atoms with Gasteiger partial charge in [-0.05, 0) is 57.0 Å². The minimum absolute atomic E-state index is 0.189. The van der Waals surface area contributed by atoms with Crippen LogP contribution in [0.5, 0.6) is 5.75 Å². The van der Waals surface area contributed by atoms with Gasteiger partial charge in [-0.1, -0.05) is 29.0 Å². The van der Waals surface area contributed by atoms with Crippen LogP contribution in [0, 0.1) is 13.8 Å². The number of amides is 1. The monoisotopic (exact) mass is 511 g/mol. The van der Waals surface area contributed by atoms with Gasteiger partial charge in [0.05, 0.1) is 27.9 Å². The van der Waals surface area contributed by atoms with E-state index in [0.717, 1.165) is 21.5 Å². The number of aromatic nitrogens is 3. The maximum atomic E-state index is 13.3. The quantitative estimate of drug-likeness (QED) is 0.421. The first-order valence-corrected chi connectivity index (χ1v) is 13.4. The molecule has 35 heavy (non-hydrogen) atoms. The van der Waals surface area contributed by atoms with Crippen LogP contribution in [0.2, 0.25) is 0 Å². The first-order valence-electron chi connectivity index (χ1n) is 11.2. The van der Waals surface area contributed by atoms with Crippen molar-refractivity contribution in [1.82, 2.24) is 19.1 Å². The Hall–Kier alpha value is -3.28. The molecule has 1 aliphatic rings. The number of benzene rings is 2. The highest BCUT2D eigenvalue weighted by molar-refractivity contribution is 7.89. The summed E-state index contributed by atoms with van der Waals surface area (Å²) >= 11 is 1.42. The second-order valence-electron chi connectivity index (χ2n) is 8.49. The maximum absolute atomic E-state index is 13.3. The second kappa shape index (κ2) is 9.06. The lowest BCUT2D eigenvalue weighted by Gasteiger charge is -2.23. The van der Waals surface area contributed by atoms with Crippen molar-refractivity contribution in [3.63, 3.8) is 0 Å². The zero-order valence-electron chi connectivity index (χ0n) is 19.6. The molecule has 9 nitrogen and oxygen atoms in total. The highest BCUT2D eigenvalue weighted by Gasteiger charge is 2.39. The number of methoxy groups -OCH3 is 1. The average Bonchev–Trinajstić information content (AvgIpc) is 3.57. The van der Waals surface area contributed by atoms with Crippen LogP contribution in [-0.2, 0) is 14.8 Å². The van der Waals surface area contributed by atoms with Crippen molar-refractivity contribution in [2.75, 3.05) is 19.0 Å². The lowest BCUT2D eigenvalue weighted by Crippen LogP contribution is -2.43. The number of sulfonamides is 1. The van der Waals surface area contributed by atoms with Crippen molar-refractivity contribution in [2.45, 2.75) is 37.6 Å². The van der Waals surface area contributed by atoms with Crippen LogP contribution < -0.4 is 10.1 Å². The SMILES string of the molecule is COc1ccc2nc(-n3nc(C)cc3NC(=O)C3CCCN3S(=O)(=O)c3ccc(C)cc3)sc2c1. The summed E-state index contributed by atoms with van der Waals surface area (Å²) in [6.07, 6.45) is 1.06. The third-order valence-electron chi connectivity index (χ3n) is 5.98. The molecule has 0 aliphatic carbocycles. The molecule has 182 valence electrons. The Balaban J connectivity index is 1.42. The van der Waals surface area contributed by atoms with Gasteiger partial charge in [-0.25, -0.2) is 13.4 Å². The van der Waals surface area contributed by atoms with E-state index >= 15 is 0 Å². The van der Waals surface area contributed by atoms with E-state index in [1.165, 1.54) is 15.6 Å². The van der Waals surface area contributed by atoms with E-state index in [-0.39, 0.29) is 10.8 Å². The van der Waals surface area contributed by atoms with Gasteiger partial charge in [0, 0.05) is 12.6 Å². The van der Waals surface area contributed by atoms with Crippen LogP contribution in [0.3, 0.4) is 0 Å².